The van der Waals surface area contributed by atoms with E-state index in [1.807, 2.05) is 0 Å². The standard InChI is InChI=1S/C19H32ClN/c1-14-12-16(17(20)13-15(14)2)8-9-19(6,7)10-11-21-18(3,4)5/h12-13,21H,8-11H2,1-7H3. The summed E-state index contributed by atoms with van der Waals surface area (Å²) in [6, 6.07) is 4.35. The molecule has 0 saturated carbocycles. The van der Waals surface area contributed by atoms with Crippen LogP contribution in [0.15, 0.2) is 12.1 Å². The Labute approximate surface area is 136 Å². The van der Waals surface area contributed by atoms with Crippen molar-refractivity contribution in [3.8, 4) is 0 Å². The number of halogens is 1. The van der Waals surface area contributed by atoms with Gasteiger partial charge in [-0.1, -0.05) is 31.5 Å². The van der Waals surface area contributed by atoms with Gasteiger partial charge in [0.15, 0.2) is 0 Å². The molecule has 0 aromatic heterocycles. The van der Waals surface area contributed by atoms with Crippen molar-refractivity contribution in [3.63, 3.8) is 0 Å². The first kappa shape index (κ1) is 18.5. The summed E-state index contributed by atoms with van der Waals surface area (Å²) in [5.74, 6) is 0. The van der Waals surface area contributed by atoms with Gasteiger partial charge in [-0.2, -0.15) is 0 Å². The van der Waals surface area contributed by atoms with Crippen LogP contribution in [0.3, 0.4) is 0 Å². The zero-order valence-corrected chi connectivity index (χ0v) is 15.6. The van der Waals surface area contributed by atoms with Crippen LogP contribution in [0.5, 0.6) is 0 Å². The molecule has 2 heteroatoms. The van der Waals surface area contributed by atoms with E-state index >= 15 is 0 Å². The van der Waals surface area contributed by atoms with Crippen LogP contribution in [0.2, 0.25) is 5.02 Å². The fraction of sp³-hybridized carbons (Fsp3) is 0.684. The van der Waals surface area contributed by atoms with Gasteiger partial charge < -0.3 is 5.32 Å². The summed E-state index contributed by atoms with van der Waals surface area (Å²) in [7, 11) is 0. The highest BCUT2D eigenvalue weighted by Crippen LogP contribution is 2.30. The van der Waals surface area contributed by atoms with Gasteiger partial charge in [0.2, 0.25) is 0 Å². The highest BCUT2D eigenvalue weighted by Gasteiger charge is 2.19. The van der Waals surface area contributed by atoms with Crippen LogP contribution in [0, 0.1) is 19.3 Å². The molecule has 1 aromatic carbocycles. The second-order valence-electron chi connectivity index (χ2n) is 8.12. The largest absolute Gasteiger partial charge is 0.312 e. The van der Waals surface area contributed by atoms with Gasteiger partial charge in [-0.05, 0) is 88.6 Å². The fourth-order valence-electron chi connectivity index (χ4n) is 2.41. The molecule has 0 radical (unpaired) electrons. The summed E-state index contributed by atoms with van der Waals surface area (Å²) in [6.45, 7) is 16.7. The Balaban J connectivity index is 2.55. The monoisotopic (exact) mass is 309 g/mol. The van der Waals surface area contributed by atoms with Crippen LogP contribution < -0.4 is 5.32 Å². The summed E-state index contributed by atoms with van der Waals surface area (Å²) < 4.78 is 0. The van der Waals surface area contributed by atoms with Crippen molar-refractivity contribution in [1.82, 2.24) is 5.32 Å². The van der Waals surface area contributed by atoms with Gasteiger partial charge >= 0.3 is 0 Å². The summed E-state index contributed by atoms with van der Waals surface area (Å²) >= 11 is 6.38. The highest BCUT2D eigenvalue weighted by molar-refractivity contribution is 6.31. The van der Waals surface area contributed by atoms with E-state index in [9.17, 15) is 0 Å². The normalized spacial score (nSPS) is 12.8. The summed E-state index contributed by atoms with van der Waals surface area (Å²) in [5, 5.41) is 4.50. The third-order valence-corrected chi connectivity index (χ3v) is 4.54. The predicted octanol–water partition coefficient (Wildman–Crippen LogP) is 5.69. The first-order valence-electron chi connectivity index (χ1n) is 8.01. The van der Waals surface area contributed by atoms with Crippen molar-refractivity contribution in [2.45, 2.75) is 73.3 Å². The van der Waals surface area contributed by atoms with E-state index in [1.165, 1.54) is 29.5 Å². The van der Waals surface area contributed by atoms with E-state index in [-0.39, 0.29) is 5.54 Å². The molecule has 0 fully saturated rings. The van der Waals surface area contributed by atoms with E-state index in [4.69, 9.17) is 11.6 Å². The molecule has 0 aliphatic heterocycles. The molecular formula is C19H32ClN. The topological polar surface area (TPSA) is 12.0 Å². The minimum Gasteiger partial charge on any atom is -0.312 e. The molecule has 21 heavy (non-hydrogen) atoms. The molecule has 0 atom stereocenters. The SMILES string of the molecule is Cc1cc(Cl)c(CCC(C)(C)CCNC(C)(C)C)cc1C. The van der Waals surface area contributed by atoms with Crippen LogP contribution in [0.4, 0.5) is 0 Å². The molecule has 0 amide bonds. The van der Waals surface area contributed by atoms with Crippen LogP contribution in [0.25, 0.3) is 0 Å². The molecule has 0 aliphatic rings. The molecule has 0 bridgehead atoms. The van der Waals surface area contributed by atoms with Crippen molar-refractivity contribution in [2.75, 3.05) is 6.54 Å². The van der Waals surface area contributed by atoms with E-state index in [2.05, 4.69) is 65.9 Å². The van der Waals surface area contributed by atoms with Gasteiger partial charge in [-0.3, -0.25) is 0 Å². The van der Waals surface area contributed by atoms with Crippen molar-refractivity contribution < 1.29 is 0 Å². The van der Waals surface area contributed by atoms with Crippen LogP contribution >= 0.6 is 11.6 Å². The number of hydrogen-bond donors (Lipinski definition) is 1. The predicted molar refractivity (Wildman–Crippen MR) is 95.4 cm³/mol. The molecule has 1 nitrogen and oxygen atoms in total. The maximum absolute atomic E-state index is 6.38. The number of rotatable bonds is 6. The Morgan fingerprint density at radius 2 is 1.52 bits per heavy atom. The molecule has 0 unspecified atom stereocenters. The maximum Gasteiger partial charge on any atom is 0.0440 e. The highest BCUT2D eigenvalue weighted by atomic mass is 35.5. The lowest BCUT2D eigenvalue weighted by Gasteiger charge is -2.28. The summed E-state index contributed by atoms with van der Waals surface area (Å²) in [6.07, 6.45) is 3.41. The van der Waals surface area contributed by atoms with Gasteiger partial charge in [0.05, 0.1) is 0 Å². The van der Waals surface area contributed by atoms with Gasteiger partial charge in [0, 0.05) is 10.6 Å². The molecule has 120 valence electrons. The Morgan fingerprint density at radius 3 is 2.10 bits per heavy atom. The lowest BCUT2D eigenvalue weighted by atomic mass is 9.82. The minimum absolute atomic E-state index is 0.202. The van der Waals surface area contributed by atoms with Gasteiger partial charge in [0.25, 0.3) is 0 Å². The quantitative estimate of drug-likeness (QED) is 0.711. The third kappa shape index (κ3) is 6.84. The Kier molecular flexibility index (Phi) is 6.31. The van der Waals surface area contributed by atoms with Crippen LogP contribution in [-0.2, 0) is 6.42 Å². The Hall–Kier alpha value is -0.530. The third-order valence-electron chi connectivity index (χ3n) is 4.19. The van der Waals surface area contributed by atoms with E-state index in [0.717, 1.165) is 18.0 Å². The summed E-state index contributed by atoms with van der Waals surface area (Å²) in [4.78, 5) is 0. The second-order valence-corrected chi connectivity index (χ2v) is 8.53. The average Bonchev–Trinajstić information content (AvgIpc) is 2.30. The first-order chi connectivity index (χ1) is 9.50. The van der Waals surface area contributed by atoms with Crippen LogP contribution in [-0.4, -0.2) is 12.1 Å². The second kappa shape index (κ2) is 7.15. The number of benzene rings is 1. The van der Waals surface area contributed by atoms with Gasteiger partial charge in [0.1, 0.15) is 0 Å². The number of aryl methyl sites for hydroxylation is 3. The molecule has 0 saturated heterocycles. The smallest absolute Gasteiger partial charge is 0.0440 e. The molecule has 1 rings (SSSR count). The van der Waals surface area contributed by atoms with E-state index in [0.29, 0.717) is 5.41 Å². The zero-order chi connectivity index (χ0) is 16.3. The Bertz CT molecular complexity index is 469. The fourth-order valence-corrected chi connectivity index (χ4v) is 2.72. The minimum atomic E-state index is 0.202. The molecular weight excluding hydrogens is 278 g/mol. The zero-order valence-electron chi connectivity index (χ0n) is 14.9. The molecule has 0 heterocycles. The molecule has 0 aliphatic carbocycles. The van der Waals surface area contributed by atoms with Gasteiger partial charge in [-0.15, -0.1) is 0 Å². The first-order valence-corrected chi connectivity index (χ1v) is 8.39. The maximum atomic E-state index is 6.38. The number of hydrogen-bond acceptors (Lipinski definition) is 1. The summed E-state index contributed by atoms with van der Waals surface area (Å²) in [5.41, 5.74) is 4.43. The Morgan fingerprint density at radius 1 is 0.952 bits per heavy atom. The van der Waals surface area contributed by atoms with E-state index < -0.39 is 0 Å². The molecule has 1 aromatic rings. The molecule has 0 spiro atoms. The van der Waals surface area contributed by atoms with Crippen molar-refractivity contribution in [3.05, 3.63) is 33.8 Å². The lowest BCUT2D eigenvalue weighted by molar-refractivity contribution is 0.284. The van der Waals surface area contributed by atoms with Gasteiger partial charge in [-0.25, -0.2) is 0 Å². The lowest BCUT2D eigenvalue weighted by Crippen LogP contribution is -2.38. The van der Waals surface area contributed by atoms with Crippen LogP contribution in [0.1, 0.15) is 64.2 Å². The number of nitrogens with one attached hydrogen (secondary N) is 1. The van der Waals surface area contributed by atoms with Crippen molar-refractivity contribution in [2.24, 2.45) is 5.41 Å². The van der Waals surface area contributed by atoms with Crippen molar-refractivity contribution >= 4 is 11.6 Å². The van der Waals surface area contributed by atoms with Crippen molar-refractivity contribution in [1.29, 1.82) is 0 Å². The van der Waals surface area contributed by atoms with E-state index in [1.54, 1.807) is 0 Å². The average molecular weight is 310 g/mol. The molecule has 1 N–H and O–H groups in total.